The Bertz CT molecular complexity index is 701. The van der Waals surface area contributed by atoms with E-state index in [9.17, 15) is 5.11 Å². The predicted octanol–water partition coefficient (Wildman–Crippen LogP) is 3.25. The summed E-state index contributed by atoms with van der Waals surface area (Å²) in [7, 11) is 0. The SMILES string of the molecule is OC(COc1ccc2oc3c(c2c1)CCCC3)COC1CCOCC1. The number of furan rings is 1. The Morgan fingerprint density at radius 2 is 1.96 bits per heavy atom. The Morgan fingerprint density at radius 1 is 1.12 bits per heavy atom. The van der Waals surface area contributed by atoms with Crippen molar-refractivity contribution in [2.45, 2.75) is 50.7 Å². The van der Waals surface area contributed by atoms with Crippen LogP contribution in [-0.2, 0) is 22.3 Å². The second-order valence-electron chi connectivity index (χ2n) is 6.98. The minimum Gasteiger partial charge on any atom is -0.491 e. The van der Waals surface area contributed by atoms with Gasteiger partial charge in [0.1, 0.15) is 29.8 Å². The third kappa shape index (κ3) is 4.00. The topological polar surface area (TPSA) is 61.1 Å². The van der Waals surface area contributed by atoms with Gasteiger partial charge in [-0.05, 0) is 50.3 Å². The summed E-state index contributed by atoms with van der Waals surface area (Å²) in [5.74, 6) is 1.90. The third-order valence-electron chi connectivity index (χ3n) is 5.06. The van der Waals surface area contributed by atoms with E-state index >= 15 is 0 Å². The Balaban J connectivity index is 1.32. The van der Waals surface area contributed by atoms with Gasteiger partial charge in [0.2, 0.25) is 0 Å². The highest BCUT2D eigenvalue weighted by molar-refractivity contribution is 5.84. The van der Waals surface area contributed by atoms with Crippen LogP contribution in [0.4, 0.5) is 0 Å². The predicted molar refractivity (Wildman–Crippen MR) is 94.2 cm³/mol. The van der Waals surface area contributed by atoms with E-state index in [1.54, 1.807) is 0 Å². The molecule has 136 valence electrons. The second-order valence-corrected chi connectivity index (χ2v) is 6.98. The molecule has 0 saturated carbocycles. The van der Waals surface area contributed by atoms with Gasteiger partial charge < -0.3 is 23.7 Å². The largest absolute Gasteiger partial charge is 0.491 e. The van der Waals surface area contributed by atoms with E-state index in [1.807, 2.05) is 18.2 Å². The molecule has 1 N–H and O–H groups in total. The zero-order valence-corrected chi connectivity index (χ0v) is 14.5. The summed E-state index contributed by atoms with van der Waals surface area (Å²) in [6.45, 7) is 2.02. The molecular weight excluding hydrogens is 320 g/mol. The van der Waals surface area contributed by atoms with Crippen molar-refractivity contribution in [1.82, 2.24) is 0 Å². The molecule has 2 aromatic rings. The summed E-state index contributed by atoms with van der Waals surface area (Å²) in [5, 5.41) is 11.3. The van der Waals surface area contributed by atoms with Crippen LogP contribution in [-0.4, -0.2) is 43.7 Å². The number of aliphatic hydroxyl groups excluding tert-OH is 1. The highest BCUT2D eigenvalue weighted by Crippen LogP contribution is 2.33. The number of hydrogen-bond acceptors (Lipinski definition) is 5. The van der Waals surface area contributed by atoms with Crippen molar-refractivity contribution in [3.05, 3.63) is 29.5 Å². The van der Waals surface area contributed by atoms with Crippen molar-refractivity contribution in [2.24, 2.45) is 0 Å². The van der Waals surface area contributed by atoms with E-state index in [1.165, 1.54) is 18.4 Å². The van der Waals surface area contributed by atoms with E-state index in [-0.39, 0.29) is 12.7 Å². The first-order valence-electron chi connectivity index (χ1n) is 9.34. The monoisotopic (exact) mass is 346 g/mol. The first-order chi connectivity index (χ1) is 12.3. The molecule has 1 saturated heterocycles. The number of ether oxygens (including phenoxy) is 3. The van der Waals surface area contributed by atoms with Crippen molar-refractivity contribution in [3.63, 3.8) is 0 Å². The second kappa shape index (κ2) is 7.77. The molecule has 1 aromatic carbocycles. The average Bonchev–Trinajstić information content (AvgIpc) is 3.03. The van der Waals surface area contributed by atoms with Crippen LogP contribution < -0.4 is 4.74 Å². The maximum Gasteiger partial charge on any atom is 0.134 e. The summed E-state index contributed by atoms with van der Waals surface area (Å²) in [6, 6.07) is 5.91. The molecule has 2 aliphatic rings. The van der Waals surface area contributed by atoms with Gasteiger partial charge >= 0.3 is 0 Å². The smallest absolute Gasteiger partial charge is 0.134 e. The molecule has 0 amide bonds. The van der Waals surface area contributed by atoms with Crippen LogP contribution in [0.25, 0.3) is 11.0 Å². The molecule has 1 atom stereocenters. The number of aryl methyl sites for hydroxylation is 2. The van der Waals surface area contributed by atoms with Gasteiger partial charge in [-0.25, -0.2) is 0 Å². The van der Waals surface area contributed by atoms with E-state index in [0.29, 0.717) is 6.61 Å². The lowest BCUT2D eigenvalue weighted by molar-refractivity contribution is -0.0659. The molecular formula is C20H26O5. The van der Waals surface area contributed by atoms with Crippen molar-refractivity contribution in [1.29, 1.82) is 0 Å². The van der Waals surface area contributed by atoms with Crippen molar-refractivity contribution in [2.75, 3.05) is 26.4 Å². The van der Waals surface area contributed by atoms with Gasteiger partial charge in [0, 0.05) is 30.6 Å². The van der Waals surface area contributed by atoms with E-state index < -0.39 is 6.10 Å². The molecule has 5 nitrogen and oxygen atoms in total. The molecule has 0 spiro atoms. The summed E-state index contributed by atoms with van der Waals surface area (Å²) in [5.41, 5.74) is 2.26. The molecule has 4 rings (SSSR count). The Labute approximate surface area is 147 Å². The minimum absolute atomic E-state index is 0.192. The number of hydrogen-bond donors (Lipinski definition) is 1. The van der Waals surface area contributed by atoms with Crippen molar-refractivity contribution in [3.8, 4) is 5.75 Å². The zero-order chi connectivity index (χ0) is 17.1. The third-order valence-corrected chi connectivity index (χ3v) is 5.06. The Hall–Kier alpha value is -1.56. The van der Waals surface area contributed by atoms with Gasteiger partial charge in [0.25, 0.3) is 0 Å². The van der Waals surface area contributed by atoms with Crippen molar-refractivity contribution >= 4 is 11.0 Å². The van der Waals surface area contributed by atoms with Crippen LogP contribution in [0, 0.1) is 0 Å². The normalized spacial score (nSPS) is 19.7. The number of benzene rings is 1. The first-order valence-corrected chi connectivity index (χ1v) is 9.34. The molecule has 25 heavy (non-hydrogen) atoms. The summed E-state index contributed by atoms with van der Waals surface area (Å²) in [4.78, 5) is 0. The fourth-order valence-corrected chi connectivity index (χ4v) is 3.66. The summed E-state index contributed by atoms with van der Waals surface area (Å²) < 4.78 is 22.8. The molecule has 0 bridgehead atoms. The minimum atomic E-state index is -0.628. The lowest BCUT2D eigenvalue weighted by Gasteiger charge is -2.23. The maximum atomic E-state index is 10.1. The molecule has 1 fully saturated rings. The Morgan fingerprint density at radius 3 is 2.84 bits per heavy atom. The lowest BCUT2D eigenvalue weighted by Crippen LogP contribution is -2.30. The van der Waals surface area contributed by atoms with Gasteiger partial charge in [0.15, 0.2) is 0 Å². The van der Waals surface area contributed by atoms with Gasteiger partial charge in [-0.3, -0.25) is 0 Å². The standard InChI is InChI=1S/C20H26O5/c21-14(12-23-15-7-9-22-10-8-15)13-24-16-5-6-20-18(11-16)17-3-1-2-4-19(17)25-20/h5-6,11,14-15,21H,1-4,7-10,12-13H2. The van der Waals surface area contributed by atoms with Crippen LogP contribution in [0.3, 0.4) is 0 Å². The molecule has 2 heterocycles. The maximum absolute atomic E-state index is 10.1. The highest BCUT2D eigenvalue weighted by Gasteiger charge is 2.19. The number of aliphatic hydroxyl groups is 1. The fraction of sp³-hybridized carbons (Fsp3) is 0.600. The number of fused-ring (bicyclic) bond motifs is 3. The number of rotatable bonds is 6. The van der Waals surface area contributed by atoms with E-state index in [2.05, 4.69) is 0 Å². The fourth-order valence-electron chi connectivity index (χ4n) is 3.66. The van der Waals surface area contributed by atoms with Crippen LogP contribution in [0.1, 0.15) is 37.0 Å². The average molecular weight is 346 g/mol. The lowest BCUT2D eigenvalue weighted by atomic mass is 9.96. The molecule has 0 radical (unpaired) electrons. The first kappa shape index (κ1) is 16.9. The Kier molecular flexibility index (Phi) is 5.25. The van der Waals surface area contributed by atoms with Gasteiger partial charge in [-0.1, -0.05) is 0 Å². The molecule has 1 aromatic heterocycles. The van der Waals surface area contributed by atoms with Gasteiger partial charge in [-0.2, -0.15) is 0 Å². The van der Waals surface area contributed by atoms with Crippen LogP contribution >= 0.6 is 0 Å². The van der Waals surface area contributed by atoms with Crippen LogP contribution in [0.2, 0.25) is 0 Å². The van der Waals surface area contributed by atoms with E-state index in [4.69, 9.17) is 18.6 Å². The highest BCUT2D eigenvalue weighted by atomic mass is 16.5. The molecule has 1 unspecified atom stereocenters. The molecule has 1 aliphatic heterocycles. The summed E-state index contributed by atoms with van der Waals surface area (Å²) >= 11 is 0. The van der Waals surface area contributed by atoms with E-state index in [0.717, 1.165) is 61.4 Å². The van der Waals surface area contributed by atoms with Crippen molar-refractivity contribution < 1.29 is 23.7 Å². The summed E-state index contributed by atoms with van der Waals surface area (Å²) in [6.07, 6.45) is 5.89. The zero-order valence-electron chi connectivity index (χ0n) is 14.5. The van der Waals surface area contributed by atoms with Crippen LogP contribution in [0.15, 0.2) is 22.6 Å². The molecule has 5 heteroatoms. The van der Waals surface area contributed by atoms with Gasteiger partial charge in [0.05, 0.1) is 12.7 Å². The quantitative estimate of drug-likeness (QED) is 0.870. The van der Waals surface area contributed by atoms with Crippen LogP contribution in [0.5, 0.6) is 5.75 Å². The van der Waals surface area contributed by atoms with Gasteiger partial charge in [-0.15, -0.1) is 0 Å². The molecule has 1 aliphatic carbocycles.